The van der Waals surface area contributed by atoms with Crippen LogP contribution in [-0.2, 0) is 0 Å². The number of benzene rings is 1. The van der Waals surface area contributed by atoms with Gasteiger partial charge in [-0.2, -0.15) is 4.98 Å². The van der Waals surface area contributed by atoms with Crippen molar-refractivity contribution in [3.05, 3.63) is 39.2 Å². The highest BCUT2D eigenvalue weighted by Gasteiger charge is 2.11. The fourth-order valence-electron chi connectivity index (χ4n) is 1.29. The van der Waals surface area contributed by atoms with Gasteiger partial charge in [0.1, 0.15) is 0 Å². The number of aromatic nitrogens is 2. The predicted octanol–water partition coefficient (Wildman–Crippen LogP) is 2.02. The monoisotopic (exact) mass is 212 g/mol. The highest BCUT2D eigenvalue weighted by atomic mass is 35.5. The summed E-state index contributed by atoms with van der Waals surface area (Å²) in [6.07, 6.45) is 1.15. The van der Waals surface area contributed by atoms with E-state index in [0.717, 1.165) is 6.33 Å². The molecule has 3 nitrogen and oxygen atoms in total. The SMILES string of the molecule is Cc1cc2c(=O)nc[nH]c2c(F)c1Cl. The Bertz CT molecular complexity index is 564. The topological polar surface area (TPSA) is 45.8 Å². The number of halogens is 2. The van der Waals surface area contributed by atoms with Gasteiger partial charge in [0, 0.05) is 0 Å². The lowest BCUT2D eigenvalue weighted by atomic mass is 10.1. The number of rotatable bonds is 0. The average molecular weight is 213 g/mol. The molecule has 5 heteroatoms. The van der Waals surface area contributed by atoms with Crippen LogP contribution in [0.25, 0.3) is 10.9 Å². The highest BCUT2D eigenvalue weighted by Crippen LogP contribution is 2.24. The minimum Gasteiger partial charge on any atom is -0.343 e. The van der Waals surface area contributed by atoms with E-state index in [9.17, 15) is 9.18 Å². The number of aryl methyl sites for hydroxylation is 1. The zero-order valence-electron chi connectivity index (χ0n) is 7.27. The number of aromatic amines is 1. The number of hydrogen-bond donors (Lipinski definition) is 1. The Balaban J connectivity index is 3.06. The molecule has 0 fully saturated rings. The minimum atomic E-state index is -0.610. The first-order valence-corrected chi connectivity index (χ1v) is 4.31. The van der Waals surface area contributed by atoms with E-state index in [1.165, 1.54) is 6.07 Å². The van der Waals surface area contributed by atoms with Gasteiger partial charge in [-0.25, -0.2) is 4.39 Å². The molecule has 0 bridgehead atoms. The van der Waals surface area contributed by atoms with Crippen molar-refractivity contribution in [2.24, 2.45) is 0 Å². The molecule has 1 aromatic carbocycles. The van der Waals surface area contributed by atoms with Gasteiger partial charge >= 0.3 is 0 Å². The van der Waals surface area contributed by atoms with Crippen molar-refractivity contribution in [3.63, 3.8) is 0 Å². The van der Waals surface area contributed by atoms with Crippen LogP contribution in [0.1, 0.15) is 5.56 Å². The molecule has 1 N–H and O–H groups in total. The van der Waals surface area contributed by atoms with Crippen LogP contribution in [0.4, 0.5) is 4.39 Å². The molecule has 2 aromatic rings. The summed E-state index contributed by atoms with van der Waals surface area (Å²) in [5.74, 6) is -0.610. The van der Waals surface area contributed by atoms with Crippen LogP contribution in [0, 0.1) is 12.7 Å². The Morgan fingerprint density at radius 1 is 1.57 bits per heavy atom. The smallest absolute Gasteiger partial charge is 0.280 e. The standard InChI is InChI=1S/C9H6ClFN2O/c1-4-2-5-8(7(11)6(4)10)12-3-13-9(5)14/h2-3H,1H3,(H,12,13,14). The highest BCUT2D eigenvalue weighted by molar-refractivity contribution is 6.32. The van der Waals surface area contributed by atoms with Gasteiger partial charge in [0.05, 0.1) is 22.3 Å². The van der Waals surface area contributed by atoms with Crippen LogP contribution in [0.5, 0.6) is 0 Å². The molecule has 0 spiro atoms. The number of hydrogen-bond acceptors (Lipinski definition) is 2. The summed E-state index contributed by atoms with van der Waals surface area (Å²) in [6, 6.07) is 1.52. The van der Waals surface area contributed by atoms with Crippen LogP contribution < -0.4 is 5.56 Å². The van der Waals surface area contributed by atoms with Crippen molar-refractivity contribution in [2.45, 2.75) is 6.92 Å². The summed E-state index contributed by atoms with van der Waals surface area (Å²) in [7, 11) is 0. The second-order valence-corrected chi connectivity index (χ2v) is 3.33. The van der Waals surface area contributed by atoms with Crippen molar-refractivity contribution in [1.29, 1.82) is 0 Å². The molecule has 0 saturated carbocycles. The van der Waals surface area contributed by atoms with Crippen LogP contribution >= 0.6 is 11.6 Å². The number of H-pyrrole nitrogens is 1. The van der Waals surface area contributed by atoms with Gasteiger partial charge in [-0.05, 0) is 18.6 Å². The van der Waals surface area contributed by atoms with E-state index in [0.29, 0.717) is 5.56 Å². The van der Waals surface area contributed by atoms with Gasteiger partial charge in [0.2, 0.25) is 0 Å². The fraction of sp³-hybridized carbons (Fsp3) is 0.111. The molecule has 0 aliphatic rings. The molecule has 2 rings (SSSR count). The van der Waals surface area contributed by atoms with Crippen LogP contribution in [0.3, 0.4) is 0 Å². The maximum atomic E-state index is 13.5. The van der Waals surface area contributed by atoms with Gasteiger partial charge in [-0.3, -0.25) is 4.79 Å². The van der Waals surface area contributed by atoms with Crippen molar-refractivity contribution in [2.75, 3.05) is 0 Å². The zero-order chi connectivity index (χ0) is 10.3. The summed E-state index contributed by atoms with van der Waals surface area (Å²) >= 11 is 5.69. The van der Waals surface area contributed by atoms with Crippen molar-refractivity contribution in [3.8, 4) is 0 Å². The second-order valence-electron chi connectivity index (χ2n) is 2.95. The zero-order valence-corrected chi connectivity index (χ0v) is 8.02. The fourth-order valence-corrected chi connectivity index (χ4v) is 1.44. The normalized spacial score (nSPS) is 10.8. The maximum Gasteiger partial charge on any atom is 0.280 e. The van der Waals surface area contributed by atoms with E-state index in [1.807, 2.05) is 0 Å². The van der Waals surface area contributed by atoms with E-state index < -0.39 is 11.4 Å². The van der Waals surface area contributed by atoms with Gasteiger partial charge in [-0.1, -0.05) is 11.6 Å². The predicted molar refractivity (Wildman–Crippen MR) is 52.1 cm³/mol. The Morgan fingerprint density at radius 2 is 2.29 bits per heavy atom. The van der Waals surface area contributed by atoms with E-state index in [2.05, 4.69) is 9.97 Å². The summed E-state index contributed by atoms with van der Waals surface area (Å²) in [6.45, 7) is 1.64. The Morgan fingerprint density at radius 3 is 3.00 bits per heavy atom. The lowest BCUT2D eigenvalue weighted by Crippen LogP contribution is -2.07. The molecule has 0 radical (unpaired) electrons. The Labute approximate surface area is 83.5 Å². The lowest BCUT2D eigenvalue weighted by Gasteiger charge is -2.03. The molecule has 1 aromatic heterocycles. The molecule has 0 aliphatic heterocycles. The number of nitrogens with zero attached hydrogens (tertiary/aromatic N) is 1. The molecular weight excluding hydrogens is 207 g/mol. The van der Waals surface area contributed by atoms with Crippen molar-refractivity contribution in [1.82, 2.24) is 9.97 Å². The van der Waals surface area contributed by atoms with Crippen molar-refractivity contribution >= 4 is 22.5 Å². The van der Waals surface area contributed by atoms with E-state index in [1.54, 1.807) is 6.92 Å². The van der Waals surface area contributed by atoms with Gasteiger partial charge in [0.25, 0.3) is 5.56 Å². The quantitative estimate of drug-likeness (QED) is 0.726. The first-order chi connectivity index (χ1) is 6.61. The third-order valence-electron chi connectivity index (χ3n) is 2.01. The second kappa shape index (κ2) is 3.06. The van der Waals surface area contributed by atoms with Gasteiger partial charge < -0.3 is 4.98 Å². The third-order valence-corrected chi connectivity index (χ3v) is 2.47. The molecule has 14 heavy (non-hydrogen) atoms. The summed E-state index contributed by atoms with van der Waals surface area (Å²) in [4.78, 5) is 17.3. The van der Waals surface area contributed by atoms with E-state index in [-0.39, 0.29) is 15.9 Å². The number of fused-ring (bicyclic) bond motifs is 1. The van der Waals surface area contributed by atoms with Crippen LogP contribution in [0.2, 0.25) is 5.02 Å². The lowest BCUT2D eigenvalue weighted by molar-refractivity contribution is 0.635. The molecule has 0 aliphatic carbocycles. The van der Waals surface area contributed by atoms with Crippen molar-refractivity contribution < 1.29 is 4.39 Å². The molecule has 0 atom stereocenters. The minimum absolute atomic E-state index is 0.0272. The Kier molecular flexibility index (Phi) is 2.00. The van der Waals surface area contributed by atoms with E-state index >= 15 is 0 Å². The summed E-state index contributed by atoms with van der Waals surface area (Å²) < 4.78 is 13.5. The molecule has 72 valence electrons. The van der Waals surface area contributed by atoms with E-state index in [4.69, 9.17) is 11.6 Å². The number of nitrogens with one attached hydrogen (secondary N) is 1. The largest absolute Gasteiger partial charge is 0.343 e. The molecule has 0 saturated heterocycles. The summed E-state index contributed by atoms with van der Waals surface area (Å²) in [5.41, 5.74) is 0.160. The average Bonchev–Trinajstić information content (AvgIpc) is 2.17. The Hall–Kier alpha value is -1.42. The first-order valence-electron chi connectivity index (χ1n) is 3.93. The van der Waals surface area contributed by atoms with Crippen LogP contribution in [-0.4, -0.2) is 9.97 Å². The van der Waals surface area contributed by atoms with Crippen LogP contribution in [0.15, 0.2) is 17.2 Å². The molecular formula is C9H6ClFN2O. The maximum absolute atomic E-state index is 13.5. The third kappa shape index (κ3) is 1.19. The molecule has 0 amide bonds. The van der Waals surface area contributed by atoms with Gasteiger partial charge in [0.15, 0.2) is 5.82 Å². The van der Waals surface area contributed by atoms with Gasteiger partial charge in [-0.15, -0.1) is 0 Å². The first kappa shape index (κ1) is 9.15. The molecule has 0 unspecified atom stereocenters. The molecule has 1 heterocycles. The summed E-state index contributed by atoms with van der Waals surface area (Å²) in [5, 5.41) is 0.242.